The lowest BCUT2D eigenvalue weighted by Crippen LogP contribution is -2.23. The van der Waals surface area contributed by atoms with E-state index in [1.54, 1.807) is 12.1 Å². The van der Waals surface area contributed by atoms with Crippen LogP contribution in [-0.2, 0) is 15.0 Å². The summed E-state index contributed by atoms with van der Waals surface area (Å²) in [4.78, 5) is 28.6. The highest BCUT2D eigenvalue weighted by molar-refractivity contribution is 6.02. The topological polar surface area (TPSA) is 81.8 Å². The molecule has 0 heterocycles. The lowest BCUT2D eigenvalue weighted by molar-refractivity contribution is -0.384. The number of non-ortho nitro benzene ring substituents is 1. The number of hydrogen-bond donors (Lipinski definition) is 0. The normalized spacial score (nSPS) is 16.7. The van der Waals surface area contributed by atoms with Crippen LogP contribution in [0.25, 0.3) is 11.1 Å². The van der Waals surface area contributed by atoms with Gasteiger partial charge in [-0.15, -0.1) is 0 Å². The van der Waals surface area contributed by atoms with E-state index in [9.17, 15) is 14.9 Å². The summed E-state index contributed by atoms with van der Waals surface area (Å²) in [7, 11) is 0. The zero-order valence-corrected chi connectivity index (χ0v) is 21.1. The molecule has 0 saturated heterocycles. The number of benzene rings is 2. The van der Waals surface area contributed by atoms with Crippen molar-refractivity contribution in [3.8, 4) is 11.1 Å². The van der Waals surface area contributed by atoms with Gasteiger partial charge in [0.05, 0.1) is 10.6 Å². The Labute approximate surface area is 207 Å². The molecule has 0 bridgehead atoms. The molecule has 2 aromatic carbocycles. The molecule has 1 saturated carbocycles. The van der Waals surface area contributed by atoms with E-state index in [0.29, 0.717) is 12.3 Å². The molecule has 0 amide bonds. The van der Waals surface area contributed by atoms with Crippen LogP contribution in [0.3, 0.4) is 0 Å². The fraction of sp³-hybridized carbons (Fsp3) is 0.517. The highest BCUT2D eigenvalue weighted by atomic mass is 16.7. The number of carbonyl (C=O) groups excluding carboxylic acids is 1. The molecule has 2 aromatic rings. The average Bonchev–Trinajstić information content (AvgIpc) is 3.48. The Morgan fingerprint density at radius 3 is 2.31 bits per heavy atom. The molecule has 6 heteroatoms. The molecule has 2 aliphatic carbocycles. The Balaban J connectivity index is 1.74. The van der Waals surface area contributed by atoms with Gasteiger partial charge in [-0.1, -0.05) is 63.7 Å². The summed E-state index contributed by atoms with van der Waals surface area (Å²) in [6, 6.07) is 11.6. The van der Waals surface area contributed by atoms with E-state index in [4.69, 9.17) is 4.84 Å². The Morgan fingerprint density at radius 2 is 1.69 bits per heavy atom. The first-order valence-electron chi connectivity index (χ1n) is 13.1. The summed E-state index contributed by atoms with van der Waals surface area (Å²) < 4.78 is 0. The number of oxime groups is 1. The van der Waals surface area contributed by atoms with Crippen molar-refractivity contribution in [2.75, 3.05) is 0 Å². The molecule has 6 nitrogen and oxygen atoms in total. The highest BCUT2D eigenvalue weighted by Crippen LogP contribution is 2.53. The van der Waals surface area contributed by atoms with Crippen LogP contribution in [0.5, 0.6) is 0 Å². The molecule has 0 atom stereocenters. The summed E-state index contributed by atoms with van der Waals surface area (Å²) in [6.07, 6.45) is 9.68. The minimum absolute atomic E-state index is 0.129. The van der Waals surface area contributed by atoms with Crippen LogP contribution < -0.4 is 0 Å². The fourth-order valence-electron chi connectivity index (χ4n) is 6.03. The van der Waals surface area contributed by atoms with Crippen molar-refractivity contribution in [3.63, 3.8) is 0 Å². The SMILES string of the molecule is CCCC(=O)O/N=C(/CCC1CCCC1)c1ccc2c(c1)C(CC)(CC)c1cc([N+](=O)[O-])ccc1-2. The molecule has 0 unspecified atom stereocenters. The molecule has 0 aliphatic heterocycles. The van der Waals surface area contributed by atoms with Gasteiger partial charge in [-0.25, -0.2) is 4.79 Å². The Hall–Kier alpha value is -3.02. The molecule has 0 N–H and O–H groups in total. The van der Waals surface area contributed by atoms with Crippen LogP contribution in [0.2, 0.25) is 0 Å². The van der Waals surface area contributed by atoms with Crippen LogP contribution >= 0.6 is 0 Å². The lowest BCUT2D eigenvalue weighted by atomic mass is 9.73. The fourth-order valence-corrected chi connectivity index (χ4v) is 6.03. The standard InChI is InChI=1S/C29H36N2O4/c1-4-9-28(32)35-30-27(17-12-20-10-7-8-11-20)21-13-15-23-24-16-14-22(31(33)34)19-26(24)29(5-2,6-3)25(23)18-21/h13-16,18-20H,4-12,17H2,1-3H3/b30-27-. The molecule has 35 heavy (non-hydrogen) atoms. The quantitative estimate of drug-likeness (QED) is 0.152. The lowest BCUT2D eigenvalue weighted by Gasteiger charge is -2.29. The molecule has 0 aromatic heterocycles. The Morgan fingerprint density at radius 1 is 1.03 bits per heavy atom. The predicted molar refractivity (Wildman–Crippen MR) is 139 cm³/mol. The second kappa shape index (κ2) is 10.7. The minimum atomic E-state index is -0.316. The second-order valence-electron chi connectivity index (χ2n) is 9.98. The second-order valence-corrected chi connectivity index (χ2v) is 9.98. The third-order valence-corrected chi connectivity index (χ3v) is 8.07. The summed E-state index contributed by atoms with van der Waals surface area (Å²) in [5.74, 6) is 0.402. The van der Waals surface area contributed by atoms with Crippen molar-refractivity contribution in [2.24, 2.45) is 11.1 Å². The molecule has 4 rings (SSSR count). The summed E-state index contributed by atoms with van der Waals surface area (Å²) in [5, 5.41) is 15.9. The third-order valence-electron chi connectivity index (χ3n) is 8.07. The molecular formula is C29H36N2O4. The van der Waals surface area contributed by atoms with Crippen LogP contribution in [-0.4, -0.2) is 16.6 Å². The number of carbonyl (C=O) groups is 1. The van der Waals surface area contributed by atoms with Gasteiger partial charge in [-0.3, -0.25) is 10.1 Å². The van der Waals surface area contributed by atoms with Gasteiger partial charge in [0.2, 0.25) is 0 Å². The zero-order chi connectivity index (χ0) is 25.0. The summed E-state index contributed by atoms with van der Waals surface area (Å²) in [5.41, 5.74) is 6.03. The summed E-state index contributed by atoms with van der Waals surface area (Å²) >= 11 is 0. The smallest absolute Gasteiger partial charge is 0.318 e. The van der Waals surface area contributed by atoms with E-state index in [2.05, 4.69) is 37.2 Å². The predicted octanol–water partition coefficient (Wildman–Crippen LogP) is 7.70. The number of rotatable bonds is 10. The van der Waals surface area contributed by atoms with Gasteiger partial charge in [0, 0.05) is 24.0 Å². The summed E-state index contributed by atoms with van der Waals surface area (Å²) in [6.45, 7) is 6.24. The van der Waals surface area contributed by atoms with Gasteiger partial charge in [0.1, 0.15) is 0 Å². The third kappa shape index (κ3) is 4.89. The molecular weight excluding hydrogens is 440 g/mol. The van der Waals surface area contributed by atoms with Crippen LogP contribution in [0.15, 0.2) is 41.6 Å². The maximum Gasteiger partial charge on any atom is 0.335 e. The van der Waals surface area contributed by atoms with Crippen LogP contribution in [0, 0.1) is 16.0 Å². The largest absolute Gasteiger partial charge is 0.335 e. The van der Waals surface area contributed by atoms with Gasteiger partial charge >= 0.3 is 5.97 Å². The number of hydrogen-bond acceptors (Lipinski definition) is 5. The molecule has 0 radical (unpaired) electrons. The minimum Gasteiger partial charge on any atom is -0.318 e. The molecule has 1 fully saturated rings. The van der Waals surface area contributed by atoms with E-state index in [1.165, 1.54) is 31.2 Å². The van der Waals surface area contributed by atoms with Gasteiger partial charge in [-0.2, -0.15) is 0 Å². The maximum absolute atomic E-state index is 12.1. The monoisotopic (exact) mass is 476 g/mol. The van der Waals surface area contributed by atoms with Gasteiger partial charge in [0.15, 0.2) is 0 Å². The van der Waals surface area contributed by atoms with E-state index in [1.807, 2.05) is 13.0 Å². The van der Waals surface area contributed by atoms with Crippen molar-refractivity contribution in [3.05, 3.63) is 63.2 Å². The number of nitro benzene ring substituents is 1. The average molecular weight is 477 g/mol. The number of nitrogens with zero attached hydrogens (tertiary/aromatic N) is 2. The first kappa shape index (κ1) is 25.1. The number of nitro groups is 1. The van der Waals surface area contributed by atoms with Gasteiger partial charge in [0.25, 0.3) is 5.69 Å². The first-order chi connectivity index (χ1) is 16.9. The Kier molecular flexibility index (Phi) is 7.68. The maximum atomic E-state index is 12.1. The van der Waals surface area contributed by atoms with Crippen LogP contribution in [0.1, 0.15) is 102 Å². The molecule has 0 spiro atoms. The van der Waals surface area contributed by atoms with Crippen molar-refractivity contribution >= 4 is 17.4 Å². The van der Waals surface area contributed by atoms with E-state index >= 15 is 0 Å². The molecule has 2 aliphatic rings. The van der Waals surface area contributed by atoms with Crippen molar-refractivity contribution in [1.82, 2.24) is 0 Å². The first-order valence-corrected chi connectivity index (χ1v) is 13.1. The highest BCUT2D eigenvalue weighted by Gasteiger charge is 2.41. The molecule has 186 valence electrons. The van der Waals surface area contributed by atoms with E-state index in [-0.39, 0.29) is 22.0 Å². The van der Waals surface area contributed by atoms with E-state index in [0.717, 1.165) is 60.1 Å². The number of fused-ring (bicyclic) bond motifs is 3. The van der Waals surface area contributed by atoms with Gasteiger partial charge < -0.3 is 4.84 Å². The zero-order valence-electron chi connectivity index (χ0n) is 21.1. The van der Waals surface area contributed by atoms with Crippen LogP contribution in [0.4, 0.5) is 5.69 Å². The van der Waals surface area contributed by atoms with Crippen molar-refractivity contribution in [2.45, 2.75) is 90.4 Å². The van der Waals surface area contributed by atoms with E-state index < -0.39 is 0 Å². The van der Waals surface area contributed by atoms with Crippen molar-refractivity contribution < 1.29 is 14.6 Å². The Bertz CT molecular complexity index is 1130. The van der Waals surface area contributed by atoms with Crippen molar-refractivity contribution in [1.29, 1.82) is 0 Å². The van der Waals surface area contributed by atoms with Gasteiger partial charge in [-0.05, 0) is 78.0 Å².